The van der Waals surface area contributed by atoms with Crippen molar-refractivity contribution in [1.29, 1.82) is 0 Å². The summed E-state index contributed by atoms with van der Waals surface area (Å²) in [6, 6.07) is 6.13. The molecule has 0 bridgehead atoms. The molecule has 3 rings (SSSR count). The lowest BCUT2D eigenvalue weighted by Gasteiger charge is -2.25. The van der Waals surface area contributed by atoms with Crippen LogP contribution in [-0.4, -0.2) is 48.2 Å². The van der Waals surface area contributed by atoms with Crippen LogP contribution in [0, 0.1) is 6.92 Å². The molecule has 0 N–H and O–H groups in total. The first-order valence-corrected chi connectivity index (χ1v) is 9.70. The Labute approximate surface area is 162 Å². The largest absolute Gasteiger partial charge is 0.493 e. The Kier molecular flexibility index (Phi) is 6.74. The quantitative estimate of drug-likeness (QED) is 0.674. The number of hydrogen-bond donors (Lipinski definition) is 0. The van der Waals surface area contributed by atoms with Crippen molar-refractivity contribution in [2.24, 2.45) is 0 Å². The molecule has 0 amide bonds. The molecule has 6 nitrogen and oxygen atoms in total. The smallest absolute Gasteiger partial charge is 0.161 e. The minimum absolute atomic E-state index is 0.312. The van der Waals surface area contributed by atoms with E-state index in [1.807, 2.05) is 12.3 Å². The topological polar surface area (TPSA) is 48.8 Å². The molecule has 1 aliphatic heterocycles. The number of aryl methyl sites for hydroxylation is 1. The Morgan fingerprint density at radius 1 is 1.22 bits per heavy atom. The Bertz CT molecular complexity index is 738. The van der Waals surface area contributed by atoms with Crippen molar-refractivity contribution in [2.75, 3.05) is 27.4 Å². The molecule has 148 valence electrons. The van der Waals surface area contributed by atoms with Gasteiger partial charge in [0.25, 0.3) is 0 Å². The van der Waals surface area contributed by atoms with Gasteiger partial charge in [0, 0.05) is 44.0 Å². The molecule has 0 unspecified atom stereocenters. The first kappa shape index (κ1) is 19.7. The average molecular weight is 373 g/mol. The lowest BCUT2D eigenvalue weighted by atomic mass is 10.1. The Balaban J connectivity index is 1.77. The molecule has 0 spiro atoms. The van der Waals surface area contributed by atoms with Gasteiger partial charge in [-0.05, 0) is 44.4 Å². The molecule has 2 heterocycles. The van der Waals surface area contributed by atoms with Gasteiger partial charge < -0.3 is 14.2 Å². The molecule has 0 saturated carbocycles. The molecule has 1 aromatic heterocycles. The SMILES string of the molecule is CCn1ncc(CN(Cc2ccc(OC)c(OC)c2)C[C@H]2CCCO2)c1C. The standard InChI is InChI=1S/C21H31N3O3/c1-5-24-16(2)18(12-22-24)14-23(15-19-7-6-10-27-19)13-17-8-9-20(25-3)21(11-17)26-4/h8-9,11-12,19H,5-7,10,13-15H2,1-4H3/t19-/m1/s1. The van der Waals surface area contributed by atoms with Crippen molar-refractivity contribution in [3.05, 3.63) is 41.2 Å². The molecule has 0 aliphatic carbocycles. The van der Waals surface area contributed by atoms with Crippen LogP contribution in [0.2, 0.25) is 0 Å². The molecule has 0 radical (unpaired) electrons. The molecule has 1 aliphatic rings. The van der Waals surface area contributed by atoms with E-state index in [1.165, 1.54) is 16.8 Å². The highest BCUT2D eigenvalue weighted by molar-refractivity contribution is 5.42. The minimum atomic E-state index is 0.312. The van der Waals surface area contributed by atoms with E-state index in [1.54, 1.807) is 14.2 Å². The van der Waals surface area contributed by atoms with Crippen LogP contribution in [0.1, 0.15) is 36.6 Å². The molecular weight excluding hydrogens is 342 g/mol. The van der Waals surface area contributed by atoms with E-state index in [4.69, 9.17) is 14.2 Å². The summed E-state index contributed by atoms with van der Waals surface area (Å²) in [4.78, 5) is 2.45. The molecule has 1 atom stereocenters. The van der Waals surface area contributed by atoms with E-state index in [0.29, 0.717) is 6.10 Å². The van der Waals surface area contributed by atoms with Crippen molar-refractivity contribution in [3.8, 4) is 11.5 Å². The summed E-state index contributed by atoms with van der Waals surface area (Å²) in [6.07, 6.45) is 4.60. The molecule has 1 fully saturated rings. The minimum Gasteiger partial charge on any atom is -0.493 e. The highest BCUT2D eigenvalue weighted by Gasteiger charge is 2.21. The molecular formula is C21H31N3O3. The second kappa shape index (κ2) is 9.24. The Morgan fingerprint density at radius 3 is 2.67 bits per heavy atom. The zero-order valence-electron chi connectivity index (χ0n) is 16.9. The lowest BCUT2D eigenvalue weighted by molar-refractivity contribution is 0.0678. The first-order chi connectivity index (χ1) is 13.1. The van der Waals surface area contributed by atoms with Gasteiger partial charge in [-0.2, -0.15) is 5.10 Å². The predicted molar refractivity (Wildman–Crippen MR) is 105 cm³/mol. The summed E-state index contributed by atoms with van der Waals surface area (Å²) in [7, 11) is 3.34. The van der Waals surface area contributed by atoms with Gasteiger partial charge in [0.15, 0.2) is 11.5 Å². The zero-order valence-corrected chi connectivity index (χ0v) is 16.9. The van der Waals surface area contributed by atoms with E-state index in [0.717, 1.165) is 57.1 Å². The second-order valence-corrected chi connectivity index (χ2v) is 7.06. The molecule has 1 aromatic carbocycles. The maximum atomic E-state index is 5.89. The van der Waals surface area contributed by atoms with Crippen LogP contribution in [0.25, 0.3) is 0 Å². The summed E-state index contributed by atoms with van der Waals surface area (Å²) in [5.41, 5.74) is 3.71. The van der Waals surface area contributed by atoms with E-state index in [2.05, 4.69) is 40.7 Å². The maximum absolute atomic E-state index is 5.89. The summed E-state index contributed by atoms with van der Waals surface area (Å²) in [6.45, 7) is 8.65. The Hall–Kier alpha value is -2.05. The number of hydrogen-bond acceptors (Lipinski definition) is 5. The number of ether oxygens (including phenoxy) is 3. The highest BCUT2D eigenvalue weighted by Crippen LogP contribution is 2.28. The molecule has 6 heteroatoms. The van der Waals surface area contributed by atoms with Gasteiger partial charge >= 0.3 is 0 Å². The predicted octanol–water partition coefficient (Wildman–Crippen LogP) is 3.41. The zero-order chi connectivity index (χ0) is 19.2. The van der Waals surface area contributed by atoms with E-state index in [9.17, 15) is 0 Å². The normalized spacial score (nSPS) is 16.9. The third kappa shape index (κ3) is 4.82. The fourth-order valence-electron chi connectivity index (χ4n) is 3.70. The number of methoxy groups -OCH3 is 2. The lowest BCUT2D eigenvalue weighted by Crippen LogP contribution is -2.31. The average Bonchev–Trinajstić information content (AvgIpc) is 3.31. The molecule has 2 aromatic rings. The van der Waals surface area contributed by atoms with Crippen molar-refractivity contribution in [2.45, 2.75) is 52.4 Å². The van der Waals surface area contributed by atoms with Crippen molar-refractivity contribution in [3.63, 3.8) is 0 Å². The van der Waals surface area contributed by atoms with Crippen molar-refractivity contribution >= 4 is 0 Å². The third-order valence-corrected chi connectivity index (χ3v) is 5.24. The highest BCUT2D eigenvalue weighted by atomic mass is 16.5. The van der Waals surface area contributed by atoms with Gasteiger partial charge in [0.1, 0.15) is 0 Å². The number of benzene rings is 1. The van der Waals surface area contributed by atoms with Crippen LogP contribution < -0.4 is 9.47 Å². The number of rotatable bonds is 9. The van der Waals surface area contributed by atoms with Gasteiger partial charge in [0.2, 0.25) is 0 Å². The maximum Gasteiger partial charge on any atom is 0.161 e. The van der Waals surface area contributed by atoms with E-state index in [-0.39, 0.29) is 0 Å². The van der Waals surface area contributed by atoms with Crippen LogP contribution >= 0.6 is 0 Å². The van der Waals surface area contributed by atoms with Crippen LogP contribution in [-0.2, 0) is 24.4 Å². The Morgan fingerprint density at radius 2 is 2.04 bits per heavy atom. The van der Waals surface area contributed by atoms with Crippen molar-refractivity contribution in [1.82, 2.24) is 14.7 Å². The van der Waals surface area contributed by atoms with Gasteiger partial charge in [-0.1, -0.05) is 6.07 Å². The van der Waals surface area contributed by atoms with Crippen LogP contribution in [0.4, 0.5) is 0 Å². The second-order valence-electron chi connectivity index (χ2n) is 7.06. The van der Waals surface area contributed by atoms with E-state index < -0.39 is 0 Å². The number of nitrogens with zero attached hydrogens (tertiary/aromatic N) is 3. The van der Waals surface area contributed by atoms with Gasteiger partial charge in [-0.15, -0.1) is 0 Å². The summed E-state index contributed by atoms with van der Waals surface area (Å²) >= 11 is 0. The monoisotopic (exact) mass is 373 g/mol. The molecule has 1 saturated heterocycles. The van der Waals surface area contributed by atoms with E-state index >= 15 is 0 Å². The fourth-order valence-corrected chi connectivity index (χ4v) is 3.70. The molecule has 27 heavy (non-hydrogen) atoms. The summed E-state index contributed by atoms with van der Waals surface area (Å²) < 4.78 is 18.8. The summed E-state index contributed by atoms with van der Waals surface area (Å²) in [5, 5.41) is 4.50. The van der Waals surface area contributed by atoms with Gasteiger partial charge in [-0.3, -0.25) is 9.58 Å². The number of aromatic nitrogens is 2. The van der Waals surface area contributed by atoms with Crippen molar-refractivity contribution < 1.29 is 14.2 Å². The summed E-state index contributed by atoms with van der Waals surface area (Å²) in [5.74, 6) is 1.52. The first-order valence-electron chi connectivity index (χ1n) is 9.70. The third-order valence-electron chi connectivity index (χ3n) is 5.24. The fraction of sp³-hybridized carbons (Fsp3) is 0.571. The van der Waals surface area contributed by atoms with Gasteiger partial charge in [-0.25, -0.2) is 0 Å². The van der Waals surface area contributed by atoms with Gasteiger partial charge in [0.05, 0.1) is 26.5 Å². The van der Waals surface area contributed by atoms with Crippen LogP contribution in [0.3, 0.4) is 0 Å². The van der Waals surface area contributed by atoms with Crippen LogP contribution in [0.15, 0.2) is 24.4 Å². The van der Waals surface area contributed by atoms with Crippen LogP contribution in [0.5, 0.6) is 11.5 Å².